The summed E-state index contributed by atoms with van der Waals surface area (Å²) in [7, 11) is 3.63. The van der Waals surface area contributed by atoms with Crippen LogP contribution in [0.2, 0.25) is 5.02 Å². The summed E-state index contributed by atoms with van der Waals surface area (Å²) in [5.41, 5.74) is 3.35. The van der Waals surface area contributed by atoms with Crippen molar-refractivity contribution < 1.29 is 9.59 Å². The summed E-state index contributed by atoms with van der Waals surface area (Å²) < 4.78 is 0. The Morgan fingerprint density at radius 1 is 1.07 bits per heavy atom. The second-order valence-corrected chi connectivity index (χ2v) is 7.28. The van der Waals surface area contributed by atoms with Crippen molar-refractivity contribution in [2.45, 2.75) is 19.8 Å². The molecule has 0 radical (unpaired) electrons. The zero-order valence-electron chi connectivity index (χ0n) is 16.5. The molecule has 0 bridgehead atoms. The Hall–Kier alpha value is -3.30. The zero-order valence-corrected chi connectivity index (χ0v) is 17.2. The number of allylic oxidation sites excluding steroid dienone is 1. The maximum absolute atomic E-state index is 12.7. The first kappa shape index (κ1) is 20.4. The van der Waals surface area contributed by atoms with Crippen molar-refractivity contribution in [2.75, 3.05) is 29.2 Å². The highest BCUT2D eigenvalue weighted by molar-refractivity contribution is 6.33. The molecular weight excluding hydrogens is 388 g/mol. The van der Waals surface area contributed by atoms with Gasteiger partial charge in [0.25, 0.3) is 0 Å². The number of carbonyl (C=O) groups is 2. The Morgan fingerprint density at radius 2 is 1.69 bits per heavy atom. The van der Waals surface area contributed by atoms with Crippen molar-refractivity contribution in [2.24, 2.45) is 0 Å². The predicted molar refractivity (Wildman–Crippen MR) is 115 cm³/mol. The van der Waals surface area contributed by atoms with E-state index in [4.69, 9.17) is 11.6 Å². The van der Waals surface area contributed by atoms with Gasteiger partial charge >= 0.3 is 0 Å². The third-order valence-corrected chi connectivity index (χ3v) is 5.14. The van der Waals surface area contributed by atoms with Crippen LogP contribution in [0.15, 0.2) is 53.9 Å². The normalized spacial score (nSPS) is 12.4. The first-order valence-corrected chi connectivity index (χ1v) is 9.51. The van der Waals surface area contributed by atoms with Crippen molar-refractivity contribution in [1.29, 1.82) is 5.26 Å². The number of hydrogen-bond donors (Lipinski definition) is 1. The average Bonchev–Trinajstić information content (AvgIpc) is 2.95. The first-order chi connectivity index (χ1) is 13.8. The van der Waals surface area contributed by atoms with Crippen molar-refractivity contribution >= 4 is 40.4 Å². The number of hydrogen-bond acceptors (Lipinski definition) is 5. The smallest absolute Gasteiger partial charge is 0.224 e. The minimum atomic E-state index is -0.376. The Morgan fingerprint density at radius 3 is 2.24 bits per heavy atom. The van der Waals surface area contributed by atoms with Crippen LogP contribution < -0.4 is 15.1 Å². The van der Waals surface area contributed by atoms with Gasteiger partial charge in [-0.3, -0.25) is 9.59 Å². The number of ketones is 1. The lowest BCUT2D eigenvalue weighted by molar-refractivity contribution is -0.120. The van der Waals surface area contributed by atoms with Gasteiger partial charge in [0, 0.05) is 26.9 Å². The summed E-state index contributed by atoms with van der Waals surface area (Å²) in [6.45, 7) is 1.91. The number of aryl methyl sites for hydroxylation is 1. The summed E-state index contributed by atoms with van der Waals surface area (Å²) >= 11 is 6.13. The molecule has 6 nitrogen and oxygen atoms in total. The fourth-order valence-corrected chi connectivity index (χ4v) is 3.63. The van der Waals surface area contributed by atoms with E-state index in [0.717, 1.165) is 16.9 Å². The van der Waals surface area contributed by atoms with Gasteiger partial charge in [0.15, 0.2) is 5.78 Å². The molecule has 1 heterocycles. The maximum Gasteiger partial charge on any atom is 0.224 e. The summed E-state index contributed by atoms with van der Waals surface area (Å²) in [6, 6.07) is 15.0. The van der Waals surface area contributed by atoms with Gasteiger partial charge in [0.05, 0.1) is 22.1 Å². The SMILES string of the molecule is Cc1ccc(NC(=O)CCC(=O)C(C#N)=C2N(C)c3ccccc3N2C)c(Cl)c1. The van der Waals surface area contributed by atoms with Gasteiger partial charge in [-0.2, -0.15) is 5.26 Å². The molecular formula is C22H21ClN4O2. The van der Waals surface area contributed by atoms with Gasteiger partial charge in [0.1, 0.15) is 17.5 Å². The summed E-state index contributed by atoms with van der Waals surface area (Å²) in [5, 5.41) is 12.8. The molecule has 2 aromatic carbocycles. The van der Waals surface area contributed by atoms with E-state index in [-0.39, 0.29) is 30.1 Å². The number of amides is 1. The standard InChI is InChI=1S/C22H21ClN4O2/c1-14-8-9-17(16(23)12-14)25-21(29)11-10-20(28)15(13-24)22-26(2)18-6-4-5-7-19(18)27(22)3/h4-9,12H,10-11H2,1-3H3,(H,25,29). The van der Waals surface area contributed by atoms with E-state index in [1.165, 1.54) is 0 Å². The lowest BCUT2D eigenvalue weighted by Gasteiger charge is -2.19. The lowest BCUT2D eigenvalue weighted by Crippen LogP contribution is -2.26. The third-order valence-electron chi connectivity index (χ3n) is 4.83. The largest absolute Gasteiger partial charge is 0.328 e. The second-order valence-electron chi connectivity index (χ2n) is 6.87. The van der Waals surface area contributed by atoms with Crippen LogP contribution in [0.1, 0.15) is 18.4 Å². The molecule has 0 saturated heterocycles. The molecule has 1 N–H and O–H groups in total. The lowest BCUT2D eigenvalue weighted by atomic mass is 10.1. The molecule has 3 rings (SSSR count). The molecule has 1 aliphatic rings. The van der Waals surface area contributed by atoms with Crippen molar-refractivity contribution in [3.63, 3.8) is 0 Å². The Kier molecular flexibility index (Phi) is 5.90. The molecule has 0 unspecified atom stereocenters. The van der Waals surface area contributed by atoms with Gasteiger partial charge in [-0.15, -0.1) is 0 Å². The first-order valence-electron chi connectivity index (χ1n) is 9.13. The summed E-state index contributed by atoms with van der Waals surface area (Å²) in [6.07, 6.45) is -0.110. The second kappa shape index (κ2) is 8.38. The van der Waals surface area contributed by atoms with Gasteiger partial charge in [0.2, 0.25) is 5.91 Å². The van der Waals surface area contributed by atoms with Crippen molar-refractivity contribution in [3.8, 4) is 6.07 Å². The number of fused-ring (bicyclic) bond motifs is 1. The van der Waals surface area contributed by atoms with Crippen LogP contribution >= 0.6 is 11.6 Å². The van der Waals surface area contributed by atoms with E-state index in [2.05, 4.69) is 5.32 Å². The Labute approximate surface area is 175 Å². The molecule has 0 saturated carbocycles. The van der Waals surface area contributed by atoms with Crippen LogP contribution in [0.3, 0.4) is 0 Å². The minimum absolute atomic E-state index is 0.0346. The molecule has 0 fully saturated rings. The van der Waals surface area contributed by atoms with Crippen LogP contribution in [0.5, 0.6) is 0 Å². The van der Waals surface area contributed by atoms with Gasteiger partial charge in [-0.25, -0.2) is 0 Å². The van der Waals surface area contributed by atoms with Crippen LogP contribution in [-0.4, -0.2) is 25.8 Å². The maximum atomic E-state index is 12.7. The van der Waals surface area contributed by atoms with Crippen molar-refractivity contribution in [1.82, 2.24) is 0 Å². The molecule has 0 aromatic heterocycles. The number of Topliss-reactive ketones (excluding diaryl/α,β-unsaturated/α-hetero) is 1. The van der Waals surface area contributed by atoms with Crippen LogP contribution in [0.25, 0.3) is 0 Å². The highest BCUT2D eigenvalue weighted by atomic mass is 35.5. The number of rotatable bonds is 5. The molecule has 7 heteroatoms. The predicted octanol–water partition coefficient (Wildman–Crippen LogP) is 4.26. The van der Waals surface area contributed by atoms with Gasteiger partial charge < -0.3 is 15.1 Å². The van der Waals surface area contributed by atoms with E-state index in [1.807, 2.05) is 67.2 Å². The molecule has 148 valence electrons. The fraction of sp³-hybridized carbons (Fsp3) is 0.227. The highest BCUT2D eigenvalue weighted by Gasteiger charge is 2.31. The minimum Gasteiger partial charge on any atom is -0.328 e. The summed E-state index contributed by atoms with van der Waals surface area (Å²) in [5.74, 6) is -0.192. The number of nitrogens with zero attached hydrogens (tertiary/aromatic N) is 3. The van der Waals surface area contributed by atoms with Crippen molar-refractivity contribution in [3.05, 3.63) is 64.4 Å². The van der Waals surface area contributed by atoms with Gasteiger partial charge in [-0.1, -0.05) is 29.8 Å². The third kappa shape index (κ3) is 4.10. The molecule has 29 heavy (non-hydrogen) atoms. The average molecular weight is 409 g/mol. The Bertz CT molecular complexity index is 1020. The molecule has 2 aromatic rings. The molecule has 0 spiro atoms. The molecule has 0 atom stereocenters. The zero-order chi connectivity index (χ0) is 21.1. The number of nitrogens with one attached hydrogen (secondary N) is 1. The van der Waals surface area contributed by atoms with Gasteiger partial charge in [-0.05, 0) is 36.8 Å². The van der Waals surface area contributed by atoms with Crippen LogP contribution in [0.4, 0.5) is 17.1 Å². The molecule has 1 amide bonds. The number of carbonyl (C=O) groups excluding carboxylic acids is 2. The molecule has 1 aliphatic heterocycles. The number of halogens is 1. The monoisotopic (exact) mass is 408 g/mol. The van der Waals surface area contributed by atoms with Crippen LogP contribution in [-0.2, 0) is 9.59 Å². The highest BCUT2D eigenvalue weighted by Crippen LogP contribution is 2.40. The number of anilines is 3. The molecule has 0 aliphatic carbocycles. The summed E-state index contributed by atoms with van der Waals surface area (Å²) in [4.78, 5) is 28.6. The van der Waals surface area contributed by atoms with E-state index >= 15 is 0 Å². The topological polar surface area (TPSA) is 76.4 Å². The fourth-order valence-electron chi connectivity index (χ4n) is 3.34. The van der Waals surface area contributed by atoms with E-state index in [1.54, 1.807) is 12.1 Å². The van der Waals surface area contributed by atoms with Crippen LogP contribution in [0, 0.1) is 18.3 Å². The number of para-hydroxylation sites is 2. The van der Waals surface area contributed by atoms with E-state index < -0.39 is 0 Å². The Balaban J connectivity index is 1.72. The number of benzene rings is 2. The van der Waals surface area contributed by atoms with E-state index in [0.29, 0.717) is 16.5 Å². The van der Waals surface area contributed by atoms with E-state index in [9.17, 15) is 14.9 Å². The quantitative estimate of drug-likeness (QED) is 0.591. The number of nitriles is 1.